The van der Waals surface area contributed by atoms with Crippen LogP contribution < -0.4 is 0 Å². The van der Waals surface area contributed by atoms with E-state index in [0.29, 0.717) is 11.2 Å². The van der Waals surface area contributed by atoms with E-state index in [2.05, 4.69) is 9.97 Å². The molecule has 0 bridgehead atoms. The van der Waals surface area contributed by atoms with Gasteiger partial charge in [-0.25, -0.2) is 9.97 Å². The van der Waals surface area contributed by atoms with E-state index in [4.69, 9.17) is 11.6 Å². The highest BCUT2D eigenvalue weighted by Gasteiger charge is 2.19. The molecule has 11 heavy (non-hydrogen) atoms. The molecule has 2 nitrogen and oxygen atoms in total. The van der Waals surface area contributed by atoms with Crippen LogP contribution in [0.2, 0.25) is 5.28 Å². The van der Waals surface area contributed by atoms with Gasteiger partial charge in [0.25, 0.3) is 0 Å². The molecule has 0 aliphatic heterocycles. The molecule has 0 aromatic carbocycles. The van der Waals surface area contributed by atoms with Gasteiger partial charge in [0.1, 0.15) is 0 Å². The summed E-state index contributed by atoms with van der Waals surface area (Å²) < 4.78 is 0. The van der Waals surface area contributed by atoms with Crippen LogP contribution in [0.3, 0.4) is 0 Å². The predicted molar refractivity (Wildman–Crippen MR) is 43.6 cm³/mol. The van der Waals surface area contributed by atoms with Crippen LogP contribution in [-0.2, 0) is 0 Å². The van der Waals surface area contributed by atoms with Crippen LogP contribution in [0.4, 0.5) is 0 Å². The Bertz CT molecular complexity index is 241. The minimum atomic E-state index is 0.341. The van der Waals surface area contributed by atoms with E-state index < -0.39 is 0 Å². The maximum atomic E-state index is 5.56. The first-order valence-electron chi connectivity index (χ1n) is 3.84. The van der Waals surface area contributed by atoms with Crippen LogP contribution in [0, 0.1) is 0 Å². The molecule has 0 amide bonds. The van der Waals surface area contributed by atoms with Gasteiger partial charge < -0.3 is 0 Å². The quantitative estimate of drug-likeness (QED) is 0.602. The third-order valence-electron chi connectivity index (χ3n) is 2.22. The van der Waals surface area contributed by atoms with Crippen LogP contribution in [0.25, 0.3) is 0 Å². The Kier molecular flexibility index (Phi) is 1.78. The fourth-order valence-corrected chi connectivity index (χ4v) is 1.37. The number of rotatable bonds is 1. The van der Waals surface area contributed by atoms with E-state index in [9.17, 15) is 0 Å². The fraction of sp³-hybridized carbons (Fsp3) is 0.500. The van der Waals surface area contributed by atoms with Crippen molar-refractivity contribution in [3.8, 4) is 0 Å². The van der Waals surface area contributed by atoms with Crippen molar-refractivity contribution in [2.24, 2.45) is 0 Å². The average molecular weight is 169 g/mol. The smallest absolute Gasteiger partial charge is 0.222 e. The highest BCUT2D eigenvalue weighted by Crippen LogP contribution is 2.35. The van der Waals surface area contributed by atoms with Crippen LogP contribution in [0.1, 0.15) is 30.7 Å². The van der Waals surface area contributed by atoms with Gasteiger partial charge in [-0.2, -0.15) is 0 Å². The maximum Gasteiger partial charge on any atom is 0.222 e. The summed E-state index contributed by atoms with van der Waals surface area (Å²) in [4.78, 5) is 7.87. The highest BCUT2D eigenvalue weighted by molar-refractivity contribution is 6.28. The Labute approximate surface area is 70.6 Å². The first kappa shape index (κ1) is 7.04. The summed E-state index contributed by atoms with van der Waals surface area (Å²) in [5.41, 5.74) is 1.24. The molecular weight excluding hydrogens is 160 g/mol. The average Bonchev–Trinajstić information content (AvgIpc) is 1.90. The number of nitrogens with zero attached hydrogens (tertiary/aromatic N) is 2. The monoisotopic (exact) mass is 168 g/mol. The summed E-state index contributed by atoms with van der Waals surface area (Å²) in [6.07, 6.45) is 7.57. The molecule has 0 radical (unpaired) electrons. The van der Waals surface area contributed by atoms with Crippen molar-refractivity contribution in [3.05, 3.63) is 23.2 Å². The number of hydrogen-bond acceptors (Lipinski definition) is 2. The van der Waals surface area contributed by atoms with Gasteiger partial charge in [-0.05, 0) is 35.9 Å². The Morgan fingerprint density at radius 3 is 2.36 bits per heavy atom. The number of aromatic nitrogens is 2. The molecule has 1 aromatic heterocycles. The molecule has 1 saturated carbocycles. The van der Waals surface area contributed by atoms with Gasteiger partial charge in [0.15, 0.2) is 0 Å². The molecule has 1 aromatic rings. The SMILES string of the molecule is Clc1ncc(C2CCC2)cn1. The summed E-state index contributed by atoms with van der Waals surface area (Å²) >= 11 is 5.56. The van der Waals surface area contributed by atoms with Gasteiger partial charge in [-0.3, -0.25) is 0 Å². The molecule has 3 heteroatoms. The summed E-state index contributed by atoms with van der Waals surface area (Å²) in [5, 5.41) is 0.341. The van der Waals surface area contributed by atoms with E-state index in [1.54, 1.807) is 0 Å². The maximum absolute atomic E-state index is 5.56. The van der Waals surface area contributed by atoms with Crippen LogP contribution in [-0.4, -0.2) is 9.97 Å². The molecule has 1 heterocycles. The van der Waals surface area contributed by atoms with E-state index in [-0.39, 0.29) is 0 Å². The molecule has 58 valence electrons. The van der Waals surface area contributed by atoms with Gasteiger partial charge in [0, 0.05) is 12.4 Å². The molecule has 1 aliphatic carbocycles. The summed E-state index contributed by atoms with van der Waals surface area (Å²) in [5.74, 6) is 0.701. The van der Waals surface area contributed by atoms with E-state index in [1.807, 2.05) is 12.4 Å². The predicted octanol–water partition coefficient (Wildman–Crippen LogP) is 2.40. The zero-order valence-corrected chi connectivity index (χ0v) is 6.88. The summed E-state index contributed by atoms with van der Waals surface area (Å²) in [6, 6.07) is 0. The molecule has 1 aliphatic rings. The first-order chi connectivity index (χ1) is 5.36. The topological polar surface area (TPSA) is 25.8 Å². The Morgan fingerprint density at radius 2 is 1.91 bits per heavy atom. The molecule has 1 fully saturated rings. The van der Waals surface area contributed by atoms with Crippen molar-refractivity contribution in [2.75, 3.05) is 0 Å². The van der Waals surface area contributed by atoms with E-state index in [0.717, 1.165) is 0 Å². The third kappa shape index (κ3) is 1.36. The molecular formula is C8H9ClN2. The van der Waals surface area contributed by atoms with Crippen molar-refractivity contribution < 1.29 is 0 Å². The Morgan fingerprint density at radius 1 is 1.27 bits per heavy atom. The van der Waals surface area contributed by atoms with E-state index in [1.165, 1.54) is 24.8 Å². The third-order valence-corrected chi connectivity index (χ3v) is 2.41. The minimum absolute atomic E-state index is 0.341. The second-order valence-corrected chi connectivity index (χ2v) is 3.25. The van der Waals surface area contributed by atoms with Gasteiger partial charge >= 0.3 is 0 Å². The lowest BCUT2D eigenvalue weighted by molar-refractivity contribution is 0.418. The van der Waals surface area contributed by atoms with Gasteiger partial charge in [-0.15, -0.1) is 0 Å². The van der Waals surface area contributed by atoms with Crippen molar-refractivity contribution >= 4 is 11.6 Å². The van der Waals surface area contributed by atoms with Crippen molar-refractivity contribution in [1.82, 2.24) is 9.97 Å². The molecule has 0 spiro atoms. The van der Waals surface area contributed by atoms with Crippen LogP contribution in [0.5, 0.6) is 0 Å². The van der Waals surface area contributed by atoms with E-state index >= 15 is 0 Å². The molecule has 2 rings (SSSR count). The summed E-state index contributed by atoms with van der Waals surface area (Å²) in [7, 11) is 0. The molecule has 0 N–H and O–H groups in total. The second kappa shape index (κ2) is 2.78. The normalized spacial score (nSPS) is 17.9. The first-order valence-corrected chi connectivity index (χ1v) is 4.21. The van der Waals surface area contributed by atoms with Crippen LogP contribution in [0.15, 0.2) is 12.4 Å². The van der Waals surface area contributed by atoms with Crippen molar-refractivity contribution in [1.29, 1.82) is 0 Å². The lowest BCUT2D eigenvalue weighted by Crippen LogP contribution is -2.09. The van der Waals surface area contributed by atoms with Crippen LogP contribution >= 0.6 is 11.6 Å². The molecule has 0 atom stereocenters. The minimum Gasteiger partial charge on any atom is -0.226 e. The second-order valence-electron chi connectivity index (χ2n) is 2.91. The zero-order valence-electron chi connectivity index (χ0n) is 6.13. The summed E-state index contributed by atoms with van der Waals surface area (Å²) in [6.45, 7) is 0. The molecule has 0 saturated heterocycles. The standard InChI is InChI=1S/C8H9ClN2/c9-8-10-4-7(5-11-8)6-2-1-3-6/h4-6H,1-3H2. The van der Waals surface area contributed by atoms with Gasteiger partial charge in [0.05, 0.1) is 0 Å². The highest BCUT2D eigenvalue weighted by atomic mass is 35.5. The lowest BCUT2D eigenvalue weighted by Gasteiger charge is -2.24. The van der Waals surface area contributed by atoms with Crippen molar-refractivity contribution in [3.63, 3.8) is 0 Å². The van der Waals surface area contributed by atoms with Gasteiger partial charge in [-0.1, -0.05) is 6.42 Å². The lowest BCUT2D eigenvalue weighted by atomic mass is 9.81. The number of halogens is 1. The number of hydrogen-bond donors (Lipinski definition) is 0. The largest absolute Gasteiger partial charge is 0.226 e. The Hall–Kier alpha value is -0.630. The zero-order chi connectivity index (χ0) is 7.68. The van der Waals surface area contributed by atoms with Gasteiger partial charge in [0.2, 0.25) is 5.28 Å². The fourth-order valence-electron chi connectivity index (χ4n) is 1.27. The van der Waals surface area contributed by atoms with Crippen molar-refractivity contribution in [2.45, 2.75) is 25.2 Å². The Balaban J connectivity index is 2.18. The molecule has 0 unspecified atom stereocenters.